The highest BCUT2D eigenvalue weighted by Gasteiger charge is 2.23. The van der Waals surface area contributed by atoms with E-state index in [4.69, 9.17) is 0 Å². The van der Waals surface area contributed by atoms with E-state index in [2.05, 4.69) is 18.4 Å². The number of likely N-dealkylation sites (N-methyl/N-ethyl adjacent to an activating group) is 1. The van der Waals surface area contributed by atoms with Gasteiger partial charge in [0.25, 0.3) is 0 Å². The van der Waals surface area contributed by atoms with E-state index in [9.17, 15) is 0 Å². The minimum atomic E-state index is 0.914. The molecule has 0 heterocycles. The van der Waals surface area contributed by atoms with E-state index < -0.39 is 0 Å². The van der Waals surface area contributed by atoms with Crippen molar-refractivity contribution in [2.45, 2.75) is 44.9 Å². The van der Waals surface area contributed by atoms with Gasteiger partial charge in [0.1, 0.15) is 0 Å². The second-order valence-electron chi connectivity index (χ2n) is 4.94. The van der Waals surface area contributed by atoms with Gasteiger partial charge in [-0.15, -0.1) is 0 Å². The van der Waals surface area contributed by atoms with Gasteiger partial charge in [0.05, 0.1) is 0 Å². The molecule has 2 fully saturated rings. The lowest BCUT2D eigenvalue weighted by Gasteiger charge is -2.24. The monoisotopic (exact) mass is 193 g/mol. The molecule has 0 atom stereocenters. The Morgan fingerprint density at radius 1 is 1.14 bits per heavy atom. The molecule has 0 aromatic heterocycles. The summed E-state index contributed by atoms with van der Waals surface area (Å²) in [5, 5.41) is 3.33. The van der Waals surface area contributed by atoms with Gasteiger partial charge in [-0.25, -0.2) is 0 Å². The first-order chi connectivity index (χ1) is 6.90. The Hall–Kier alpha value is -0.300. The second-order valence-corrected chi connectivity index (χ2v) is 4.94. The van der Waals surface area contributed by atoms with Crippen molar-refractivity contribution < 1.29 is 0 Å². The Morgan fingerprint density at radius 3 is 2.43 bits per heavy atom. The fraction of sp³-hybridized carbons (Fsp3) is 0.846. The van der Waals surface area contributed by atoms with E-state index in [-0.39, 0.29) is 0 Å². The summed E-state index contributed by atoms with van der Waals surface area (Å²) in [4.78, 5) is 0. The fourth-order valence-corrected chi connectivity index (χ4v) is 2.58. The molecule has 0 aromatic rings. The van der Waals surface area contributed by atoms with Crippen LogP contribution in [0.2, 0.25) is 0 Å². The number of allylic oxidation sites excluding steroid dienone is 1. The van der Waals surface area contributed by atoms with Crippen LogP contribution >= 0.6 is 0 Å². The van der Waals surface area contributed by atoms with Crippen molar-refractivity contribution in [2.75, 3.05) is 13.6 Å². The van der Waals surface area contributed by atoms with Crippen LogP contribution in [0.3, 0.4) is 0 Å². The molecule has 0 radical (unpaired) electrons. The van der Waals surface area contributed by atoms with Crippen LogP contribution in [0.4, 0.5) is 0 Å². The van der Waals surface area contributed by atoms with Crippen molar-refractivity contribution >= 4 is 0 Å². The normalized spacial score (nSPS) is 25.4. The summed E-state index contributed by atoms with van der Waals surface area (Å²) >= 11 is 0. The summed E-state index contributed by atoms with van der Waals surface area (Å²) in [6.07, 6.45) is 12.7. The molecule has 2 aliphatic rings. The Kier molecular flexibility index (Phi) is 3.63. The first-order valence-electron chi connectivity index (χ1n) is 6.25. The van der Waals surface area contributed by atoms with Gasteiger partial charge in [-0.05, 0) is 44.6 Å². The highest BCUT2D eigenvalue weighted by atomic mass is 14.8. The van der Waals surface area contributed by atoms with E-state index >= 15 is 0 Å². The third kappa shape index (κ3) is 2.84. The number of rotatable bonds is 4. The Bertz CT molecular complexity index is 197. The number of hydrogen-bond acceptors (Lipinski definition) is 1. The third-order valence-corrected chi connectivity index (χ3v) is 3.58. The van der Waals surface area contributed by atoms with Gasteiger partial charge in [0, 0.05) is 6.54 Å². The minimum Gasteiger partial charge on any atom is -0.316 e. The van der Waals surface area contributed by atoms with Crippen LogP contribution in [0.5, 0.6) is 0 Å². The predicted octanol–water partition coefficient (Wildman–Crippen LogP) is 3.12. The summed E-state index contributed by atoms with van der Waals surface area (Å²) in [5.74, 6) is 1.86. The van der Waals surface area contributed by atoms with Crippen LogP contribution in [-0.4, -0.2) is 13.6 Å². The minimum absolute atomic E-state index is 0.914. The molecule has 0 spiro atoms. The maximum atomic E-state index is 3.33. The molecule has 80 valence electrons. The van der Waals surface area contributed by atoms with Gasteiger partial charge in [0.2, 0.25) is 0 Å². The van der Waals surface area contributed by atoms with Gasteiger partial charge < -0.3 is 5.32 Å². The van der Waals surface area contributed by atoms with Crippen molar-refractivity contribution in [3.63, 3.8) is 0 Å². The molecule has 0 bridgehead atoms. The van der Waals surface area contributed by atoms with E-state index in [1.54, 1.807) is 5.57 Å². The van der Waals surface area contributed by atoms with Crippen molar-refractivity contribution in [1.29, 1.82) is 0 Å². The summed E-state index contributed by atoms with van der Waals surface area (Å²) in [7, 11) is 2.07. The van der Waals surface area contributed by atoms with Crippen LogP contribution in [0.1, 0.15) is 44.9 Å². The molecule has 0 unspecified atom stereocenters. The molecule has 1 N–H and O–H groups in total. The molecular formula is C13H23N. The largest absolute Gasteiger partial charge is 0.316 e. The van der Waals surface area contributed by atoms with Crippen LogP contribution < -0.4 is 5.32 Å². The Labute approximate surface area is 88.0 Å². The molecule has 0 aromatic carbocycles. The SMILES string of the molecule is CNCC(=CC1CC1)C1CCCCC1. The highest BCUT2D eigenvalue weighted by molar-refractivity contribution is 5.14. The van der Waals surface area contributed by atoms with Gasteiger partial charge in [-0.3, -0.25) is 0 Å². The van der Waals surface area contributed by atoms with E-state index in [0.717, 1.165) is 18.4 Å². The average molecular weight is 193 g/mol. The maximum absolute atomic E-state index is 3.33. The summed E-state index contributed by atoms with van der Waals surface area (Å²) < 4.78 is 0. The first-order valence-corrected chi connectivity index (χ1v) is 6.25. The van der Waals surface area contributed by atoms with E-state index in [1.165, 1.54) is 44.9 Å². The molecule has 0 saturated heterocycles. The zero-order valence-corrected chi connectivity index (χ0v) is 9.39. The molecule has 2 aliphatic carbocycles. The Morgan fingerprint density at radius 2 is 1.86 bits per heavy atom. The summed E-state index contributed by atoms with van der Waals surface area (Å²) in [6.45, 7) is 1.13. The quantitative estimate of drug-likeness (QED) is 0.676. The molecule has 1 nitrogen and oxygen atoms in total. The second kappa shape index (κ2) is 4.97. The standard InChI is InChI=1S/C13H23N/c1-14-10-13(9-11-7-8-11)12-5-3-2-4-6-12/h9,11-12,14H,2-8,10H2,1H3. The molecule has 2 saturated carbocycles. The number of nitrogens with one attached hydrogen (secondary N) is 1. The lowest BCUT2D eigenvalue weighted by Crippen LogP contribution is -2.19. The average Bonchev–Trinajstić information content (AvgIpc) is 3.03. The van der Waals surface area contributed by atoms with Crippen LogP contribution in [-0.2, 0) is 0 Å². The van der Waals surface area contributed by atoms with Crippen LogP contribution in [0.15, 0.2) is 11.6 Å². The molecule has 0 amide bonds. The van der Waals surface area contributed by atoms with Crippen LogP contribution in [0.25, 0.3) is 0 Å². The van der Waals surface area contributed by atoms with Gasteiger partial charge in [-0.2, -0.15) is 0 Å². The highest BCUT2D eigenvalue weighted by Crippen LogP contribution is 2.36. The summed E-state index contributed by atoms with van der Waals surface area (Å²) in [5.41, 5.74) is 1.72. The van der Waals surface area contributed by atoms with E-state index in [0.29, 0.717) is 0 Å². The van der Waals surface area contributed by atoms with Gasteiger partial charge >= 0.3 is 0 Å². The van der Waals surface area contributed by atoms with E-state index in [1.807, 2.05) is 0 Å². The molecule has 1 heteroatoms. The summed E-state index contributed by atoms with van der Waals surface area (Å²) in [6, 6.07) is 0. The predicted molar refractivity (Wildman–Crippen MR) is 61.3 cm³/mol. The lowest BCUT2D eigenvalue weighted by molar-refractivity contribution is 0.395. The van der Waals surface area contributed by atoms with Crippen molar-refractivity contribution in [2.24, 2.45) is 11.8 Å². The molecule has 2 rings (SSSR count). The van der Waals surface area contributed by atoms with Gasteiger partial charge in [-0.1, -0.05) is 30.9 Å². The zero-order valence-electron chi connectivity index (χ0n) is 9.39. The topological polar surface area (TPSA) is 12.0 Å². The molecule has 0 aliphatic heterocycles. The first kappa shape index (κ1) is 10.2. The lowest BCUT2D eigenvalue weighted by atomic mass is 9.83. The van der Waals surface area contributed by atoms with Crippen molar-refractivity contribution in [3.05, 3.63) is 11.6 Å². The molecule has 14 heavy (non-hydrogen) atoms. The molecular weight excluding hydrogens is 170 g/mol. The zero-order chi connectivity index (χ0) is 9.80. The van der Waals surface area contributed by atoms with Gasteiger partial charge in [0.15, 0.2) is 0 Å². The Balaban J connectivity index is 1.93. The fourth-order valence-electron chi connectivity index (χ4n) is 2.58. The van der Waals surface area contributed by atoms with Crippen molar-refractivity contribution in [3.8, 4) is 0 Å². The number of hydrogen-bond donors (Lipinski definition) is 1. The smallest absolute Gasteiger partial charge is 0.0164 e. The van der Waals surface area contributed by atoms with Crippen molar-refractivity contribution in [1.82, 2.24) is 5.32 Å². The maximum Gasteiger partial charge on any atom is 0.0164 e. The van der Waals surface area contributed by atoms with Crippen LogP contribution in [0, 0.1) is 11.8 Å². The third-order valence-electron chi connectivity index (χ3n) is 3.58.